The zero-order valence-corrected chi connectivity index (χ0v) is 21.9. The van der Waals surface area contributed by atoms with E-state index in [4.69, 9.17) is 4.74 Å². The maximum atomic E-state index is 6.72. The number of aromatic nitrogens is 2. The number of para-hydroxylation sites is 1. The molecule has 39 heavy (non-hydrogen) atoms. The SMILES string of the molecule is c1ccc(N2c3ccc4ccc5ccc6ccc7c8c6c5c4c3[PH]8([n+]3ccccc3O7)[n+]3ccccc32)cc1. The monoisotopic (exact) mass is 519 g/mol. The van der Waals surface area contributed by atoms with Crippen molar-refractivity contribution in [1.82, 2.24) is 0 Å². The van der Waals surface area contributed by atoms with E-state index in [-0.39, 0.29) is 0 Å². The molecule has 0 atom stereocenters. The Hall–Kier alpha value is -4.79. The van der Waals surface area contributed by atoms with E-state index in [1.807, 2.05) is 0 Å². The Kier molecular flexibility index (Phi) is 3.52. The normalized spacial score (nSPS) is 15.8. The summed E-state index contributed by atoms with van der Waals surface area (Å²) in [6.45, 7) is 0. The molecule has 5 heteroatoms. The van der Waals surface area contributed by atoms with Crippen LogP contribution in [0.25, 0.3) is 32.3 Å². The van der Waals surface area contributed by atoms with Crippen molar-refractivity contribution in [2.75, 3.05) is 4.90 Å². The number of rotatable bonds is 1. The van der Waals surface area contributed by atoms with Crippen molar-refractivity contribution in [3.8, 4) is 11.6 Å². The van der Waals surface area contributed by atoms with E-state index < -0.39 is 7.56 Å². The van der Waals surface area contributed by atoms with Gasteiger partial charge in [0.2, 0.25) is 0 Å². The molecule has 0 saturated carbocycles. The van der Waals surface area contributed by atoms with Gasteiger partial charge < -0.3 is 0 Å². The Morgan fingerprint density at radius 2 is 1.18 bits per heavy atom. The second kappa shape index (κ2) is 6.79. The second-order valence-corrected chi connectivity index (χ2v) is 13.9. The molecule has 2 aromatic heterocycles. The van der Waals surface area contributed by atoms with Crippen LogP contribution in [0.5, 0.6) is 11.6 Å². The molecular formula is C34H22N3OP+2. The molecule has 0 saturated heterocycles. The molecule has 0 radical (unpaired) electrons. The molecule has 10 rings (SSSR count). The minimum absolute atomic E-state index is 0.890. The molecule has 1 spiro atoms. The number of anilines is 3. The summed E-state index contributed by atoms with van der Waals surface area (Å²) in [7, 11) is -2.92. The van der Waals surface area contributed by atoms with Crippen molar-refractivity contribution in [3.05, 3.63) is 128 Å². The number of nitrogens with zero attached hydrogens (tertiary/aromatic N) is 3. The summed E-state index contributed by atoms with van der Waals surface area (Å²) < 4.78 is 11.8. The first-order valence-corrected chi connectivity index (χ1v) is 15.3. The predicted octanol–water partition coefficient (Wildman–Crippen LogP) is 6.55. The summed E-state index contributed by atoms with van der Waals surface area (Å²) in [4.78, 5) is 2.44. The average molecular weight is 520 g/mol. The molecule has 4 nitrogen and oxygen atoms in total. The minimum atomic E-state index is -2.92. The fourth-order valence-electron chi connectivity index (χ4n) is 7.46. The van der Waals surface area contributed by atoms with E-state index in [1.165, 1.54) is 54.4 Å². The van der Waals surface area contributed by atoms with Crippen LogP contribution >= 0.6 is 7.56 Å². The molecule has 0 unspecified atom stereocenters. The second-order valence-electron chi connectivity index (χ2n) is 10.6. The van der Waals surface area contributed by atoms with Crippen molar-refractivity contribution in [2.45, 2.75) is 0 Å². The summed E-state index contributed by atoms with van der Waals surface area (Å²) in [5.74, 6) is 3.03. The van der Waals surface area contributed by atoms with Crippen LogP contribution in [0.2, 0.25) is 0 Å². The molecule has 5 aromatic carbocycles. The quantitative estimate of drug-likeness (QED) is 0.181. The molecule has 3 aliphatic rings. The molecule has 5 heterocycles. The van der Waals surface area contributed by atoms with Gasteiger partial charge in [0.1, 0.15) is 0 Å². The Labute approximate surface area is 225 Å². The third kappa shape index (κ3) is 2.20. The summed E-state index contributed by atoms with van der Waals surface area (Å²) in [5.41, 5.74) is 2.41. The predicted molar refractivity (Wildman–Crippen MR) is 159 cm³/mol. The van der Waals surface area contributed by atoms with Gasteiger partial charge in [0.15, 0.2) is 0 Å². The van der Waals surface area contributed by atoms with E-state index >= 15 is 0 Å². The van der Waals surface area contributed by atoms with E-state index in [9.17, 15) is 0 Å². The van der Waals surface area contributed by atoms with Crippen molar-refractivity contribution in [2.24, 2.45) is 0 Å². The molecule has 0 N–H and O–H groups in total. The van der Waals surface area contributed by atoms with Crippen LogP contribution in [0.3, 0.4) is 0 Å². The van der Waals surface area contributed by atoms with E-state index in [0.29, 0.717) is 0 Å². The van der Waals surface area contributed by atoms with Gasteiger partial charge in [0.05, 0.1) is 0 Å². The maximum absolute atomic E-state index is 6.72. The first-order valence-electron chi connectivity index (χ1n) is 13.4. The Morgan fingerprint density at radius 3 is 2.00 bits per heavy atom. The van der Waals surface area contributed by atoms with Gasteiger partial charge >= 0.3 is 225 Å². The number of hydrogen-bond acceptors (Lipinski definition) is 2. The van der Waals surface area contributed by atoms with Gasteiger partial charge in [-0.1, -0.05) is 0 Å². The Morgan fingerprint density at radius 1 is 0.538 bits per heavy atom. The molecule has 182 valence electrons. The summed E-state index contributed by atoms with van der Waals surface area (Å²) >= 11 is 0. The van der Waals surface area contributed by atoms with E-state index in [0.717, 1.165) is 17.3 Å². The topological polar surface area (TPSA) is 20.2 Å². The number of benzene rings is 5. The molecule has 0 fully saturated rings. The van der Waals surface area contributed by atoms with Gasteiger partial charge in [0.25, 0.3) is 0 Å². The number of ether oxygens (including phenoxy) is 1. The van der Waals surface area contributed by atoms with E-state index in [1.54, 1.807) is 0 Å². The van der Waals surface area contributed by atoms with Crippen molar-refractivity contribution in [1.29, 1.82) is 0 Å². The third-order valence-electron chi connectivity index (χ3n) is 8.84. The Bertz CT molecular complexity index is 2220. The standard InChI is InChI=1S/C34H22N3OP/c1-2-8-25(9-3-1)37-26-18-16-23-14-12-22-13-15-24-17-19-27-34-32(24)30(22)31(23)33(26)39(34,35-20-6-4-10-28(35)37)36-21-7-5-11-29(36)38-27/h1-21,39H/q+2. The average Bonchev–Trinajstić information content (AvgIpc) is 3.00. The van der Waals surface area contributed by atoms with Gasteiger partial charge in [-0.3, -0.25) is 0 Å². The van der Waals surface area contributed by atoms with Gasteiger partial charge in [-0.2, -0.15) is 0 Å². The van der Waals surface area contributed by atoms with Crippen LogP contribution in [0, 0.1) is 0 Å². The van der Waals surface area contributed by atoms with Gasteiger partial charge in [-0.25, -0.2) is 0 Å². The fraction of sp³-hybridized carbons (Fsp3) is 0. The first-order chi connectivity index (χ1) is 19.4. The van der Waals surface area contributed by atoms with E-state index in [2.05, 4.69) is 141 Å². The fourth-order valence-corrected chi connectivity index (χ4v) is 12.7. The zero-order valence-electron chi connectivity index (χ0n) is 20.9. The number of pyridine rings is 2. The summed E-state index contributed by atoms with van der Waals surface area (Å²) in [6.07, 6.45) is 4.53. The Balaban J connectivity index is 1.55. The molecule has 3 aliphatic heterocycles. The van der Waals surface area contributed by atoms with Crippen LogP contribution in [0.4, 0.5) is 17.2 Å². The van der Waals surface area contributed by atoms with Crippen LogP contribution < -0.4 is 28.9 Å². The number of hydrogen-bond donors (Lipinski definition) is 0. The summed E-state index contributed by atoms with van der Waals surface area (Å²) in [6, 6.07) is 41.9. The summed E-state index contributed by atoms with van der Waals surface area (Å²) in [5, 5.41) is 10.6. The third-order valence-corrected chi connectivity index (χ3v) is 13.4. The molecular weight excluding hydrogens is 497 g/mol. The van der Waals surface area contributed by atoms with Crippen molar-refractivity contribution >= 4 is 67.7 Å². The first kappa shape index (κ1) is 20.2. The van der Waals surface area contributed by atoms with Crippen LogP contribution in [0.1, 0.15) is 0 Å². The van der Waals surface area contributed by atoms with Gasteiger partial charge in [-0.15, -0.1) is 0 Å². The molecule has 0 bridgehead atoms. The van der Waals surface area contributed by atoms with Gasteiger partial charge in [-0.05, 0) is 0 Å². The van der Waals surface area contributed by atoms with Crippen LogP contribution in [0.15, 0.2) is 128 Å². The van der Waals surface area contributed by atoms with Crippen LogP contribution in [-0.4, -0.2) is 0 Å². The number of fused-ring (bicyclic) bond motifs is 2. The van der Waals surface area contributed by atoms with Crippen LogP contribution in [-0.2, 0) is 0 Å². The molecule has 0 amide bonds. The molecule has 0 aliphatic carbocycles. The van der Waals surface area contributed by atoms with Gasteiger partial charge in [0, 0.05) is 0 Å². The van der Waals surface area contributed by atoms with Crippen molar-refractivity contribution < 1.29 is 13.4 Å². The zero-order chi connectivity index (χ0) is 25.3. The molecule has 7 aromatic rings. The van der Waals surface area contributed by atoms with Crippen molar-refractivity contribution in [3.63, 3.8) is 0 Å².